The molecule has 0 bridgehead atoms. The highest BCUT2D eigenvalue weighted by atomic mass is 16.3. The highest BCUT2D eigenvalue weighted by Crippen LogP contribution is 2.35. The smallest absolute Gasteiger partial charge is 0.254 e. The molecule has 3 N–H and O–H groups in total. The molecule has 1 fully saturated rings. The van der Waals surface area contributed by atoms with Crippen molar-refractivity contribution in [3.63, 3.8) is 0 Å². The van der Waals surface area contributed by atoms with Gasteiger partial charge in [0.2, 0.25) is 0 Å². The topological polar surface area (TPSA) is 68.3 Å². The van der Waals surface area contributed by atoms with Crippen molar-refractivity contribution in [3.8, 4) is 0 Å². The summed E-state index contributed by atoms with van der Waals surface area (Å²) in [5, 5.41) is 3.12. The molecule has 1 aliphatic rings. The first kappa shape index (κ1) is 13.1. The number of hydrogen-bond acceptors (Lipinski definition) is 3. The summed E-state index contributed by atoms with van der Waals surface area (Å²) < 4.78 is 5.19. The maximum Gasteiger partial charge on any atom is 0.254 e. The van der Waals surface area contributed by atoms with Crippen LogP contribution in [-0.2, 0) is 6.54 Å². The second-order valence-corrected chi connectivity index (χ2v) is 5.77. The van der Waals surface area contributed by atoms with Crippen LogP contribution < -0.4 is 11.1 Å². The normalized spacial score (nSPS) is 22.7. The van der Waals surface area contributed by atoms with Crippen molar-refractivity contribution in [2.24, 2.45) is 11.1 Å². The number of amides is 1. The molecule has 4 nitrogen and oxygen atoms in total. The minimum Gasteiger partial charge on any atom is -0.467 e. The van der Waals surface area contributed by atoms with Gasteiger partial charge in [0.15, 0.2) is 0 Å². The predicted molar refractivity (Wildman–Crippen MR) is 70.1 cm³/mol. The molecule has 0 aliphatic heterocycles. The third-order valence-corrected chi connectivity index (χ3v) is 3.93. The van der Waals surface area contributed by atoms with E-state index >= 15 is 0 Å². The maximum absolute atomic E-state index is 12.1. The van der Waals surface area contributed by atoms with Crippen molar-refractivity contribution in [1.29, 1.82) is 0 Å². The number of rotatable bonds is 3. The second-order valence-electron chi connectivity index (χ2n) is 5.77. The summed E-state index contributed by atoms with van der Waals surface area (Å²) in [6, 6.07) is 1.96. The third-order valence-electron chi connectivity index (χ3n) is 3.93. The number of nitrogens with one attached hydrogen (secondary N) is 1. The third kappa shape index (κ3) is 2.75. The Kier molecular flexibility index (Phi) is 3.76. The van der Waals surface area contributed by atoms with Crippen LogP contribution in [0.3, 0.4) is 0 Å². The van der Waals surface area contributed by atoms with Crippen LogP contribution in [0.5, 0.6) is 0 Å². The van der Waals surface area contributed by atoms with E-state index in [4.69, 9.17) is 10.2 Å². The van der Waals surface area contributed by atoms with Crippen molar-refractivity contribution < 1.29 is 9.21 Å². The molecule has 1 heterocycles. The first-order valence-corrected chi connectivity index (χ1v) is 6.61. The van der Waals surface area contributed by atoms with Crippen LogP contribution in [-0.4, -0.2) is 11.9 Å². The van der Waals surface area contributed by atoms with Gasteiger partial charge in [-0.05, 0) is 24.3 Å². The lowest BCUT2D eigenvalue weighted by atomic mass is 9.73. The molecule has 1 amide bonds. The Morgan fingerprint density at radius 3 is 2.94 bits per heavy atom. The minimum atomic E-state index is -0.0570. The lowest BCUT2D eigenvalue weighted by molar-refractivity contribution is 0.0853. The quantitative estimate of drug-likeness (QED) is 0.865. The molecule has 100 valence electrons. The highest BCUT2D eigenvalue weighted by molar-refractivity contribution is 5.94. The molecule has 0 radical (unpaired) electrons. The van der Waals surface area contributed by atoms with Crippen LogP contribution in [0.2, 0.25) is 0 Å². The van der Waals surface area contributed by atoms with Gasteiger partial charge in [-0.25, -0.2) is 0 Å². The Morgan fingerprint density at radius 1 is 1.56 bits per heavy atom. The largest absolute Gasteiger partial charge is 0.467 e. The van der Waals surface area contributed by atoms with Crippen molar-refractivity contribution >= 4 is 5.91 Å². The molecule has 1 aromatic rings. The van der Waals surface area contributed by atoms with Gasteiger partial charge in [-0.2, -0.15) is 0 Å². The number of nitrogens with two attached hydrogens (primary N) is 1. The van der Waals surface area contributed by atoms with Gasteiger partial charge < -0.3 is 15.5 Å². The SMILES string of the molecule is CC1(C)CCCCC1NC(=O)c1coc(CN)c1. The van der Waals surface area contributed by atoms with Crippen LogP contribution in [0.4, 0.5) is 0 Å². The average molecular weight is 250 g/mol. The van der Waals surface area contributed by atoms with Gasteiger partial charge in [0, 0.05) is 6.04 Å². The fourth-order valence-electron chi connectivity index (χ4n) is 2.61. The van der Waals surface area contributed by atoms with Crippen molar-refractivity contribution in [1.82, 2.24) is 5.32 Å². The monoisotopic (exact) mass is 250 g/mol. The summed E-state index contributed by atoms with van der Waals surface area (Å²) in [5.74, 6) is 0.585. The average Bonchev–Trinajstić information content (AvgIpc) is 2.80. The molecule has 18 heavy (non-hydrogen) atoms. The Balaban J connectivity index is 2.02. The molecular weight excluding hydrogens is 228 g/mol. The molecule has 1 saturated carbocycles. The van der Waals surface area contributed by atoms with Crippen molar-refractivity contribution in [2.45, 2.75) is 52.1 Å². The van der Waals surface area contributed by atoms with Gasteiger partial charge in [-0.15, -0.1) is 0 Å². The second kappa shape index (κ2) is 5.14. The zero-order valence-electron chi connectivity index (χ0n) is 11.2. The molecule has 0 aromatic carbocycles. The maximum atomic E-state index is 12.1. The number of carbonyl (C=O) groups excluding carboxylic acids is 1. The van der Waals surface area contributed by atoms with E-state index in [0.717, 1.165) is 12.8 Å². The van der Waals surface area contributed by atoms with E-state index in [1.807, 2.05) is 0 Å². The summed E-state index contributed by atoms with van der Waals surface area (Å²) in [4.78, 5) is 12.1. The molecular formula is C14H22N2O2. The van der Waals surface area contributed by atoms with Crippen LogP contribution >= 0.6 is 0 Å². The van der Waals surface area contributed by atoms with E-state index in [9.17, 15) is 4.79 Å². The molecule has 0 saturated heterocycles. The molecule has 0 spiro atoms. The predicted octanol–water partition coefficient (Wildman–Crippen LogP) is 2.44. The first-order chi connectivity index (χ1) is 8.53. The van der Waals surface area contributed by atoms with Gasteiger partial charge in [-0.3, -0.25) is 4.79 Å². The molecule has 1 aromatic heterocycles. The number of furan rings is 1. The Hall–Kier alpha value is -1.29. The van der Waals surface area contributed by atoms with E-state index < -0.39 is 0 Å². The standard InChI is InChI=1S/C14H22N2O2/c1-14(2)6-4-3-5-12(14)16-13(17)10-7-11(8-15)18-9-10/h7,9,12H,3-6,8,15H2,1-2H3,(H,16,17). The minimum absolute atomic E-state index is 0.0570. The van der Waals surface area contributed by atoms with Gasteiger partial charge in [-0.1, -0.05) is 26.7 Å². The molecule has 1 atom stereocenters. The fourth-order valence-corrected chi connectivity index (χ4v) is 2.61. The van der Waals surface area contributed by atoms with Gasteiger partial charge >= 0.3 is 0 Å². The highest BCUT2D eigenvalue weighted by Gasteiger charge is 2.33. The van der Waals surface area contributed by atoms with Gasteiger partial charge in [0.05, 0.1) is 12.1 Å². The van der Waals surface area contributed by atoms with E-state index in [0.29, 0.717) is 17.9 Å². The summed E-state index contributed by atoms with van der Waals surface area (Å²) >= 11 is 0. The van der Waals surface area contributed by atoms with Crippen LogP contribution in [0, 0.1) is 5.41 Å². The van der Waals surface area contributed by atoms with E-state index in [1.165, 1.54) is 19.1 Å². The summed E-state index contributed by atoms with van der Waals surface area (Å²) in [6.07, 6.45) is 6.14. The molecule has 2 rings (SSSR count). The summed E-state index contributed by atoms with van der Waals surface area (Å²) in [6.45, 7) is 4.76. The van der Waals surface area contributed by atoms with Crippen LogP contribution in [0.15, 0.2) is 16.7 Å². The zero-order valence-corrected chi connectivity index (χ0v) is 11.2. The Labute approximate surface area is 108 Å². The van der Waals surface area contributed by atoms with E-state index in [1.54, 1.807) is 6.07 Å². The lowest BCUT2D eigenvalue weighted by Gasteiger charge is -2.38. The first-order valence-electron chi connectivity index (χ1n) is 6.61. The van der Waals surface area contributed by atoms with Crippen molar-refractivity contribution in [2.75, 3.05) is 0 Å². The Bertz CT molecular complexity index is 423. The van der Waals surface area contributed by atoms with Crippen LogP contribution in [0.25, 0.3) is 0 Å². The zero-order chi connectivity index (χ0) is 13.2. The molecule has 1 aliphatic carbocycles. The van der Waals surface area contributed by atoms with E-state index in [2.05, 4.69) is 19.2 Å². The molecule has 1 unspecified atom stereocenters. The van der Waals surface area contributed by atoms with E-state index in [-0.39, 0.29) is 17.4 Å². The molecule has 4 heteroatoms. The van der Waals surface area contributed by atoms with Gasteiger partial charge in [0.1, 0.15) is 12.0 Å². The number of hydrogen-bond donors (Lipinski definition) is 2. The Morgan fingerprint density at radius 2 is 2.33 bits per heavy atom. The summed E-state index contributed by atoms with van der Waals surface area (Å²) in [7, 11) is 0. The van der Waals surface area contributed by atoms with Crippen LogP contribution in [0.1, 0.15) is 55.6 Å². The van der Waals surface area contributed by atoms with Crippen molar-refractivity contribution in [3.05, 3.63) is 23.7 Å². The lowest BCUT2D eigenvalue weighted by Crippen LogP contribution is -2.46. The number of carbonyl (C=O) groups is 1. The fraction of sp³-hybridized carbons (Fsp3) is 0.643. The van der Waals surface area contributed by atoms with Gasteiger partial charge in [0.25, 0.3) is 5.91 Å². The summed E-state index contributed by atoms with van der Waals surface area (Å²) in [5.41, 5.74) is 6.21.